The fourth-order valence-electron chi connectivity index (χ4n) is 8.72. The van der Waals surface area contributed by atoms with Crippen molar-refractivity contribution in [2.45, 2.75) is 0 Å². The van der Waals surface area contributed by atoms with Crippen LogP contribution in [0.5, 0.6) is 0 Å². The Kier molecular flexibility index (Phi) is 10.2. The topological polar surface area (TPSA) is 19.6 Å². The SMILES string of the molecule is C=Cc1ccc(N(c2ccc(C=C)cc2)c2cccc(-c3cccc4oc5cc(N(c6ccc(C=C)cc6)c6ccc(-c7ccc(C=C)c8ccccc78)cc6)ccc5c34)c2)cc1. The molecular formula is C60H44N2O. The van der Waals surface area contributed by atoms with Gasteiger partial charge in [-0.05, 0) is 134 Å². The lowest BCUT2D eigenvalue weighted by Crippen LogP contribution is -2.10. The van der Waals surface area contributed by atoms with Crippen LogP contribution >= 0.6 is 0 Å². The predicted molar refractivity (Wildman–Crippen MR) is 272 cm³/mol. The number of benzene rings is 9. The lowest BCUT2D eigenvalue weighted by atomic mass is 9.95. The summed E-state index contributed by atoms with van der Waals surface area (Å²) in [4.78, 5) is 4.57. The van der Waals surface area contributed by atoms with Crippen molar-refractivity contribution >= 4 is 91.1 Å². The number of furan rings is 1. The standard InChI is InChI=1S/C60H44N2O/c1-5-41-19-28-47(29-20-41)61(48-30-21-42(6-2)22-31-48)51-14-11-13-46(39-51)55-17-12-18-58-60(55)57-38-36-52(40-59(57)63-58)62(49-32-23-43(7-3)24-33-49)50-34-25-45(26-35-50)54-37-27-44(8-4)53-15-9-10-16-56(53)54/h5-40H,1-4H2. The molecule has 0 saturated heterocycles. The highest BCUT2D eigenvalue weighted by Gasteiger charge is 2.20. The minimum atomic E-state index is 0.815. The van der Waals surface area contributed by atoms with Gasteiger partial charge in [0.15, 0.2) is 0 Å². The Labute approximate surface area is 368 Å². The second kappa shape index (κ2) is 16.6. The molecule has 0 aliphatic heterocycles. The average Bonchev–Trinajstić information content (AvgIpc) is 3.73. The van der Waals surface area contributed by atoms with Crippen LogP contribution in [0.3, 0.4) is 0 Å². The molecule has 1 aromatic heterocycles. The third-order valence-electron chi connectivity index (χ3n) is 11.9. The molecule has 0 amide bonds. The highest BCUT2D eigenvalue weighted by Crippen LogP contribution is 2.44. The molecule has 3 heteroatoms. The zero-order valence-corrected chi connectivity index (χ0v) is 34.9. The van der Waals surface area contributed by atoms with Crippen LogP contribution in [-0.4, -0.2) is 0 Å². The van der Waals surface area contributed by atoms with Crippen molar-refractivity contribution in [2.75, 3.05) is 9.80 Å². The maximum Gasteiger partial charge on any atom is 0.137 e. The average molecular weight is 809 g/mol. The second-order valence-corrected chi connectivity index (χ2v) is 15.6. The van der Waals surface area contributed by atoms with Crippen LogP contribution in [0.15, 0.2) is 225 Å². The van der Waals surface area contributed by atoms with E-state index < -0.39 is 0 Å². The molecule has 0 aliphatic carbocycles. The monoisotopic (exact) mass is 808 g/mol. The minimum Gasteiger partial charge on any atom is -0.456 e. The van der Waals surface area contributed by atoms with Crippen LogP contribution in [0, 0.1) is 0 Å². The van der Waals surface area contributed by atoms with Gasteiger partial charge in [0.1, 0.15) is 11.2 Å². The van der Waals surface area contributed by atoms with Crippen LogP contribution in [-0.2, 0) is 0 Å². The molecule has 0 spiro atoms. The van der Waals surface area contributed by atoms with Crippen molar-refractivity contribution in [3.63, 3.8) is 0 Å². The summed E-state index contributed by atoms with van der Waals surface area (Å²) in [6, 6.07) is 68.8. The molecule has 1 heterocycles. The molecule has 0 aliphatic rings. The Morgan fingerprint density at radius 1 is 0.333 bits per heavy atom. The molecule has 9 aromatic carbocycles. The maximum absolute atomic E-state index is 6.74. The number of rotatable bonds is 12. The van der Waals surface area contributed by atoms with Gasteiger partial charge in [0.05, 0.1) is 0 Å². The van der Waals surface area contributed by atoms with Crippen LogP contribution in [0.2, 0.25) is 0 Å². The van der Waals surface area contributed by atoms with Crippen molar-refractivity contribution in [1.29, 1.82) is 0 Å². The normalized spacial score (nSPS) is 11.1. The summed E-state index contributed by atoms with van der Waals surface area (Å²) < 4.78 is 6.74. The van der Waals surface area contributed by atoms with Crippen molar-refractivity contribution in [2.24, 2.45) is 0 Å². The van der Waals surface area contributed by atoms with E-state index in [1.54, 1.807) is 0 Å². The molecule has 0 N–H and O–H groups in total. The Bertz CT molecular complexity index is 3280. The molecule has 0 unspecified atom stereocenters. The van der Waals surface area contributed by atoms with E-state index in [1.165, 1.54) is 16.3 Å². The lowest BCUT2D eigenvalue weighted by molar-refractivity contribution is 0.669. The van der Waals surface area contributed by atoms with Gasteiger partial charge in [-0.3, -0.25) is 0 Å². The molecule has 0 radical (unpaired) electrons. The summed E-state index contributed by atoms with van der Waals surface area (Å²) in [5.41, 5.74) is 16.7. The molecule has 0 bridgehead atoms. The molecule has 63 heavy (non-hydrogen) atoms. The third-order valence-corrected chi connectivity index (χ3v) is 11.9. The summed E-state index contributed by atoms with van der Waals surface area (Å²) >= 11 is 0. The zero-order chi connectivity index (χ0) is 42.9. The van der Waals surface area contributed by atoms with Gasteiger partial charge in [-0.2, -0.15) is 0 Å². The molecular weight excluding hydrogens is 765 g/mol. The first kappa shape index (κ1) is 38.8. The van der Waals surface area contributed by atoms with E-state index >= 15 is 0 Å². The second-order valence-electron chi connectivity index (χ2n) is 15.6. The van der Waals surface area contributed by atoms with E-state index in [4.69, 9.17) is 4.42 Å². The van der Waals surface area contributed by atoms with E-state index in [9.17, 15) is 0 Å². The lowest BCUT2D eigenvalue weighted by Gasteiger charge is -2.26. The summed E-state index contributed by atoms with van der Waals surface area (Å²) in [5.74, 6) is 0. The smallest absolute Gasteiger partial charge is 0.137 e. The van der Waals surface area contributed by atoms with Crippen LogP contribution in [0.1, 0.15) is 22.3 Å². The fourth-order valence-corrected chi connectivity index (χ4v) is 8.72. The number of fused-ring (bicyclic) bond motifs is 4. The van der Waals surface area contributed by atoms with E-state index in [2.05, 4.69) is 230 Å². The minimum absolute atomic E-state index is 0.815. The molecule has 3 nitrogen and oxygen atoms in total. The Morgan fingerprint density at radius 2 is 0.857 bits per heavy atom. The summed E-state index contributed by atoms with van der Waals surface area (Å²) in [7, 11) is 0. The van der Waals surface area contributed by atoms with E-state index in [0.29, 0.717) is 0 Å². The van der Waals surface area contributed by atoms with E-state index in [0.717, 1.165) is 95.0 Å². The summed E-state index contributed by atoms with van der Waals surface area (Å²) in [6.07, 6.45) is 7.53. The van der Waals surface area contributed by atoms with Gasteiger partial charge in [-0.1, -0.05) is 160 Å². The Balaban J connectivity index is 1.06. The summed E-state index contributed by atoms with van der Waals surface area (Å²) in [6.45, 7) is 16.0. The van der Waals surface area contributed by atoms with Crippen LogP contribution in [0.25, 0.3) is 79.3 Å². The van der Waals surface area contributed by atoms with Gasteiger partial charge >= 0.3 is 0 Å². The highest BCUT2D eigenvalue weighted by atomic mass is 16.3. The van der Waals surface area contributed by atoms with Gasteiger partial charge in [0.25, 0.3) is 0 Å². The molecule has 10 rings (SSSR count). The number of hydrogen-bond acceptors (Lipinski definition) is 3. The van der Waals surface area contributed by atoms with Crippen LogP contribution < -0.4 is 9.80 Å². The zero-order valence-electron chi connectivity index (χ0n) is 34.9. The first-order valence-corrected chi connectivity index (χ1v) is 21.1. The van der Waals surface area contributed by atoms with E-state index in [1.807, 2.05) is 24.3 Å². The molecule has 0 saturated carbocycles. The maximum atomic E-state index is 6.74. The van der Waals surface area contributed by atoms with Gasteiger partial charge in [-0.15, -0.1) is 0 Å². The predicted octanol–water partition coefficient (Wildman–Crippen LogP) is 17.6. The largest absolute Gasteiger partial charge is 0.456 e. The number of hydrogen-bond donors (Lipinski definition) is 0. The number of nitrogens with zero attached hydrogens (tertiary/aromatic N) is 2. The third kappa shape index (κ3) is 7.22. The van der Waals surface area contributed by atoms with Crippen molar-refractivity contribution in [3.05, 3.63) is 243 Å². The Hall–Kier alpha value is -8.40. The van der Waals surface area contributed by atoms with Crippen molar-refractivity contribution in [3.8, 4) is 22.3 Å². The first-order chi connectivity index (χ1) is 31.0. The van der Waals surface area contributed by atoms with Crippen LogP contribution in [0.4, 0.5) is 34.1 Å². The fraction of sp³-hybridized carbons (Fsp3) is 0. The molecule has 300 valence electrons. The van der Waals surface area contributed by atoms with Gasteiger partial charge in [-0.25, -0.2) is 0 Å². The Morgan fingerprint density at radius 3 is 1.43 bits per heavy atom. The molecule has 10 aromatic rings. The van der Waals surface area contributed by atoms with Gasteiger partial charge in [0, 0.05) is 51.0 Å². The quantitative estimate of drug-likeness (QED) is 0.123. The molecule has 0 fully saturated rings. The van der Waals surface area contributed by atoms with Crippen molar-refractivity contribution in [1.82, 2.24) is 0 Å². The van der Waals surface area contributed by atoms with Gasteiger partial charge in [0.2, 0.25) is 0 Å². The first-order valence-electron chi connectivity index (χ1n) is 21.1. The summed E-state index contributed by atoms with van der Waals surface area (Å²) in [5, 5.41) is 4.53. The van der Waals surface area contributed by atoms with Gasteiger partial charge < -0.3 is 14.2 Å². The molecule has 0 atom stereocenters. The van der Waals surface area contributed by atoms with Crippen molar-refractivity contribution < 1.29 is 4.42 Å². The number of anilines is 6. The van der Waals surface area contributed by atoms with E-state index in [-0.39, 0.29) is 0 Å². The highest BCUT2D eigenvalue weighted by molar-refractivity contribution is 6.13.